The van der Waals surface area contributed by atoms with Crippen molar-refractivity contribution in [1.82, 2.24) is 0 Å². The minimum atomic E-state index is -0.355. The number of fused-ring (bicyclic) bond motifs is 2. The van der Waals surface area contributed by atoms with Crippen molar-refractivity contribution in [3.05, 3.63) is 88.1 Å². The fraction of sp³-hybridized carbons (Fsp3) is 0. The summed E-state index contributed by atoms with van der Waals surface area (Å²) in [5.74, 6) is -0.691. The second kappa shape index (κ2) is 5.35. The Bertz CT molecular complexity index is 1140. The number of benzene rings is 3. The van der Waals surface area contributed by atoms with Gasteiger partial charge in [0.2, 0.25) is 5.43 Å². The van der Waals surface area contributed by atoms with Crippen LogP contribution in [-0.4, -0.2) is 10.9 Å². The third-order valence-corrected chi connectivity index (χ3v) is 4.00. The maximum absolute atomic E-state index is 12.7. The van der Waals surface area contributed by atoms with Crippen LogP contribution >= 0.6 is 0 Å². The fourth-order valence-electron chi connectivity index (χ4n) is 2.80. The number of aromatic hydroxyl groups is 1. The highest BCUT2D eigenvalue weighted by atomic mass is 16.3. The van der Waals surface area contributed by atoms with Crippen molar-refractivity contribution in [3.63, 3.8) is 0 Å². The molecule has 4 aromatic rings. The number of carbonyl (C=O) groups excluding carboxylic acids is 1. The van der Waals surface area contributed by atoms with Crippen molar-refractivity contribution in [2.45, 2.75) is 0 Å². The molecular weight excluding hydrogens is 304 g/mol. The zero-order valence-corrected chi connectivity index (χ0v) is 12.5. The molecule has 3 aromatic carbocycles. The number of rotatable bonds is 2. The highest BCUT2D eigenvalue weighted by molar-refractivity contribution is 6.13. The van der Waals surface area contributed by atoms with E-state index in [2.05, 4.69) is 0 Å². The van der Waals surface area contributed by atoms with Gasteiger partial charge in [0.25, 0.3) is 0 Å². The van der Waals surface area contributed by atoms with Gasteiger partial charge in [0.05, 0.1) is 10.9 Å². The molecule has 0 saturated heterocycles. The normalized spacial score (nSPS) is 11.0. The molecule has 1 N–H and O–H groups in total. The molecule has 116 valence electrons. The van der Waals surface area contributed by atoms with E-state index in [0.717, 1.165) is 0 Å². The van der Waals surface area contributed by atoms with Crippen molar-refractivity contribution in [2.24, 2.45) is 0 Å². The lowest BCUT2D eigenvalue weighted by Crippen LogP contribution is -2.06. The summed E-state index contributed by atoms with van der Waals surface area (Å²) in [5.41, 5.74) is 0.859. The second-order valence-corrected chi connectivity index (χ2v) is 5.46. The Balaban J connectivity index is 2.02. The molecule has 0 saturated carbocycles. The lowest BCUT2D eigenvalue weighted by atomic mass is 10.00. The molecule has 0 fully saturated rings. The van der Waals surface area contributed by atoms with E-state index in [1.807, 2.05) is 0 Å². The van der Waals surface area contributed by atoms with Crippen LogP contribution in [0.4, 0.5) is 0 Å². The van der Waals surface area contributed by atoms with Gasteiger partial charge in [0.1, 0.15) is 22.3 Å². The number of hydrogen-bond acceptors (Lipinski definition) is 4. The SMILES string of the molecule is O=C(c1ccccc1)c1ccc2oc3ccccc3c(=O)c2c1O. The molecule has 0 spiro atoms. The van der Waals surface area contributed by atoms with Gasteiger partial charge in [0, 0.05) is 5.56 Å². The van der Waals surface area contributed by atoms with Crippen LogP contribution in [0.25, 0.3) is 21.9 Å². The molecule has 0 atom stereocenters. The zero-order valence-electron chi connectivity index (χ0n) is 12.5. The minimum absolute atomic E-state index is 0.0236. The average Bonchev–Trinajstić information content (AvgIpc) is 2.62. The van der Waals surface area contributed by atoms with Crippen molar-refractivity contribution >= 4 is 27.7 Å². The van der Waals surface area contributed by atoms with Crippen LogP contribution in [0.5, 0.6) is 5.75 Å². The largest absolute Gasteiger partial charge is 0.506 e. The predicted molar refractivity (Wildman–Crippen MR) is 91.5 cm³/mol. The molecule has 0 amide bonds. The third-order valence-electron chi connectivity index (χ3n) is 4.00. The molecule has 0 radical (unpaired) electrons. The van der Waals surface area contributed by atoms with Crippen LogP contribution in [0.3, 0.4) is 0 Å². The molecule has 24 heavy (non-hydrogen) atoms. The minimum Gasteiger partial charge on any atom is -0.506 e. The van der Waals surface area contributed by atoms with E-state index >= 15 is 0 Å². The molecular formula is C20H12O4. The van der Waals surface area contributed by atoms with Gasteiger partial charge in [-0.15, -0.1) is 0 Å². The molecule has 4 rings (SSSR count). The van der Waals surface area contributed by atoms with Crippen LogP contribution < -0.4 is 5.43 Å². The number of carbonyl (C=O) groups is 1. The number of phenolic OH excluding ortho intramolecular Hbond substituents is 1. The van der Waals surface area contributed by atoms with Crippen LogP contribution in [0.1, 0.15) is 15.9 Å². The predicted octanol–water partition coefficient (Wildman–Crippen LogP) is 3.88. The Labute approximate surface area is 136 Å². The van der Waals surface area contributed by atoms with Gasteiger partial charge in [-0.1, -0.05) is 42.5 Å². The van der Waals surface area contributed by atoms with Crippen molar-refractivity contribution in [3.8, 4) is 5.75 Å². The maximum Gasteiger partial charge on any atom is 0.204 e. The Morgan fingerprint density at radius 1 is 0.833 bits per heavy atom. The molecule has 1 heterocycles. The summed E-state index contributed by atoms with van der Waals surface area (Å²) < 4.78 is 5.68. The first-order valence-electron chi connectivity index (χ1n) is 7.44. The van der Waals surface area contributed by atoms with Crippen LogP contribution in [-0.2, 0) is 0 Å². The molecule has 4 nitrogen and oxygen atoms in total. The van der Waals surface area contributed by atoms with Gasteiger partial charge in [-0.3, -0.25) is 9.59 Å². The van der Waals surface area contributed by atoms with Crippen LogP contribution in [0.2, 0.25) is 0 Å². The van der Waals surface area contributed by atoms with Crippen molar-refractivity contribution in [1.29, 1.82) is 0 Å². The molecule has 0 bridgehead atoms. The summed E-state index contributed by atoms with van der Waals surface area (Å²) >= 11 is 0. The van der Waals surface area contributed by atoms with Crippen LogP contribution in [0.15, 0.2) is 75.9 Å². The summed E-state index contributed by atoms with van der Waals surface area (Å²) in [6.07, 6.45) is 0. The van der Waals surface area contributed by atoms with Crippen molar-refractivity contribution < 1.29 is 14.3 Å². The Morgan fingerprint density at radius 3 is 2.33 bits per heavy atom. The Morgan fingerprint density at radius 2 is 1.54 bits per heavy atom. The van der Waals surface area contributed by atoms with Crippen LogP contribution in [0, 0.1) is 0 Å². The second-order valence-electron chi connectivity index (χ2n) is 5.46. The van der Waals surface area contributed by atoms with E-state index in [4.69, 9.17) is 4.42 Å². The standard InChI is InChI=1S/C20H12O4/c21-18(12-6-2-1-3-7-12)14-10-11-16-17(20(14)23)19(22)13-8-4-5-9-15(13)24-16/h1-11,23H. The average molecular weight is 316 g/mol. The summed E-state index contributed by atoms with van der Waals surface area (Å²) in [4.78, 5) is 25.3. The molecule has 0 aliphatic rings. The Kier molecular flexibility index (Phi) is 3.17. The third kappa shape index (κ3) is 2.08. The first-order valence-corrected chi connectivity index (χ1v) is 7.44. The van der Waals surface area contributed by atoms with Crippen molar-refractivity contribution in [2.75, 3.05) is 0 Å². The lowest BCUT2D eigenvalue weighted by molar-refractivity contribution is 0.103. The number of hydrogen-bond donors (Lipinski definition) is 1. The maximum atomic E-state index is 12.7. The smallest absolute Gasteiger partial charge is 0.204 e. The van der Waals surface area contributed by atoms with Gasteiger partial charge >= 0.3 is 0 Å². The van der Waals surface area contributed by atoms with E-state index < -0.39 is 0 Å². The first-order chi connectivity index (χ1) is 11.7. The molecule has 4 heteroatoms. The van der Waals surface area contributed by atoms with Gasteiger partial charge in [-0.25, -0.2) is 0 Å². The molecule has 0 unspecified atom stereocenters. The monoisotopic (exact) mass is 316 g/mol. The molecule has 0 aliphatic heterocycles. The number of ketones is 1. The summed E-state index contributed by atoms with van der Waals surface area (Å²) in [7, 11) is 0. The fourth-order valence-corrected chi connectivity index (χ4v) is 2.80. The summed E-state index contributed by atoms with van der Waals surface area (Å²) in [6.45, 7) is 0. The van der Waals surface area contributed by atoms with Gasteiger partial charge in [-0.2, -0.15) is 0 Å². The topological polar surface area (TPSA) is 67.5 Å². The van der Waals surface area contributed by atoms with E-state index in [1.54, 1.807) is 60.7 Å². The van der Waals surface area contributed by atoms with E-state index in [1.165, 1.54) is 6.07 Å². The highest BCUT2D eigenvalue weighted by Crippen LogP contribution is 2.30. The van der Waals surface area contributed by atoms with E-state index in [0.29, 0.717) is 16.5 Å². The number of para-hydroxylation sites is 1. The summed E-state index contributed by atoms with van der Waals surface area (Å²) in [5, 5.41) is 10.9. The Hall–Kier alpha value is -3.40. The number of phenols is 1. The van der Waals surface area contributed by atoms with E-state index in [-0.39, 0.29) is 33.5 Å². The molecule has 1 aromatic heterocycles. The van der Waals surface area contributed by atoms with Gasteiger partial charge in [-0.05, 0) is 24.3 Å². The highest BCUT2D eigenvalue weighted by Gasteiger charge is 2.19. The summed E-state index contributed by atoms with van der Waals surface area (Å²) in [6, 6.07) is 18.4. The zero-order chi connectivity index (χ0) is 16.7. The van der Waals surface area contributed by atoms with Gasteiger partial charge < -0.3 is 9.52 Å². The van der Waals surface area contributed by atoms with Gasteiger partial charge in [0.15, 0.2) is 5.78 Å². The quantitative estimate of drug-likeness (QED) is 0.450. The lowest BCUT2D eigenvalue weighted by Gasteiger charge is -2.07. The molecule has 0 aliphatic carbocycles. The first kappa shape index (κ1) is 14.2. The van der Waals surface area contributed by atoms with E-state index in [9.17, 15) is 14.7 Å².